The van der Waals surface area contributed by atoms with Gasteiger partial charge in [0, 0.05) is 6.61 Å². The van der Waals surface area contributed by atoms with Crippen molar-refractivity contribution in [2.75, 3.05) is 13.7 Å². The fourth-order valence-electron chi connectivity index (χ4n) is 2.92. The van der Waals surface area contributed by atoms with Crippen LogP contribution in [0.4, 0.5) is 0 Å². The molecule has 0 heterocycles. The Labute approximate surface area is 98.2 Å². The zero-order chi connectivity index (χ0) is 11.4. The van der Waals surface area contributed by atoms with Gasteiger partial charge >= 0.3 is 0 Å². The van der Waals surface area contributed by atoms with Crippen molar-refractivity contribution in [2.45, 2.75) is 56.6 Å². The number of nitrogens with one attached hydrogen (secondary N) is 1. The molecule has 2 unspecified atom stereocenters. The van der Waals surface area contributed by atoms with Crippen LogP contribution in [0.1, 0.15) is 44.9 Å². The van der Waals surface area contributed by atoms with Crippen LogP contribution in [0.3, 0.4) is 0 Å². The van der Waals surface area contributed by atoms with Gasteiger partial charge in [-0.05, 0) is 51.5 Å². The molecule has 0 radical (unpaired) electrons. The molecule has 2 aliphatic carbocycles. The van der Waals surface area contributed by atoms with Gasteiger partial charge in [-0.25, -0.2) is 0 Å². The first-order valence-corrected chi connectivity index (χ1v) is 6.52. The molecule has 90 valence electrons. The first-order chi connectivity index (χ1) is 7.80. The highest BCUT2D eigenvalue weighted by Gasteiger charge is 2.41. The highest BCUT2D eigenvalue weighted by atomic mass is 16.5. The van der Waals surface area contributed by atoms with Crippen molar-refractivity contribution in [1.29, 1.82) is 5.26 Å². The SMILES string of the molecule is CNC1(C#N)CCCC1CCOC1CCC1. The lowest BCUT2D eigenvalue weighted by molar-refractivity contribution is -0.00576. The van der Waals surface area contributed by atoms with Gasteiger partial charge in [0.2, 0.25) is 0 Å². The molecule has 0 spiro atoms. The summed E-state index contributed by atoms with van der Waals surface area (Å²) < 4.78 is 5.79. The predicted octanol–water partition coefficient (Wildman–Crippen LogP) is 2.23. The summed E-state index contributed by atoms with van der Waals surface area (Å²) in [6, 6.07) is 2.48. The lowest BCUT2D eigenvalue weighted by Gasteiger charge is -2.30. The molecule has 16 heavy (non-hydrogen) atoms. The van der Waals surface area contributed by atoms with Crippen LogP contribution in [0.15, 0.2) is 0 Å². The van der Waals surface area contributed by atoms with E-state index in [4.69, 9.17) is 4.74 Å². The zero-order valence-electron chi connectivity index (χ0n) is 10.2. The monoisotopic (exact) mass is 222 g/mol. The average molecular weight is 222 g/mol. The van der Waals surface area contributed by atoms with E-state index in [2.05, 4.69) is 11.4 Å². The van der Waals surface area contributed by atoms with Crippen LogP contribution in [0.5, 0.6) is 0 Å². The molecular weight excluding hydrogens is 200 g/mol. The molecule has 0 aromatic heterocycles. The Morgan fingerprint density at radius 1 is 1.38 bits per heavy atom. The molecule has 0 bridgehead atoms. The highest BCUT2D eigenvalue weighted by Crippen LogP contribution is 2.37. The second kappa shape index (κ2) is 5.16. The zero-order valence-corrected chi connectivity index (χ0v) is 10.2. The Hall–Kier alpha value is -0.590. The third kappa shape index (κ3) is 2.23. The molecule has 0 amide bonds. The van der Waals surface area contributed by atoms with E-state index in [0.717, 1.165) is 19.4 Å². The van der Waals surface area contributed by atoms with E-state index in [1.807, 2.05) is 7.05 Å². The molecule has 0 aromatic carbocycles. The van der Waals surface area contributed by atoms with Crippen LogP contribution in [0, 0.1) is 17.2 Å². The van der Waals surface area contributed by atoms with Gasteiger partial charge in [0.25, 0.3) is 0 Å². The van der Waals surface area contributed by atoms with Crippen molar-refractivity contribution in [1.82, 2.24) is 5.32 Å². The van der Waals surface area contributed by atoms with Crippen molar-refractivity contribution >= 4 is 0 Å². The molecular formula is C13H22N2O. The molecule has 2 aliphatic rings. The molecule has 3 nitrogen and oxygen atoms in total. The van der Waals surface area contributed by atoms with E-state index in [1.165, 1.54) is 32.1 Å². The quantitative estimate of drug-likeness (QED) is 0.776. The summed E-state index contributed by atoms with van der Waals surface area (Å²) in [6.07, 6.45) is 8.68. The Morgan fingerprint density at radius 3 is 2.75 bits per heavy atom. The van der Waals surface area contributed by atoms with Crippen molar-refractivity contribution in [2.24, 2.45) is 5.92 Å². The maximum atomic E-state index is 9.30. The van der Waals surface area contributed by atoms with Crippen LogP contribution < -0.4 is 5.32 Å². The van der Waals surface area contributed by atoms with E-state index in [0.29, 0.717) is 12.0 Å². The molecule has 0 aliphatic heterocycles. The first kappa shape index (κ1) is 11.9. The second-order valence-electron chi connectivity index (χ2n) is 5.13. The van der Waals surface area contributed by atoms with Gasteiger partial charge in [-0.2, -0.15) is 5.26 Å². The number of hydrogen-bond acceptors (Lipinski definition) is 3. The maximum absolute atomic E-state index is 9.30. The van der Waals surface area contributed by atoms with E-state index in [1.54, 1.807) is 0 Å². The molecule has 2 saturated carbocycles. The number of nitriles is 1. The second-order valence-corrected chi connectivity index (χ2v) is 5.13. The minimum Gasteiger partial charge on any atom is -0.378 e. The number of rotatable bonds is 5. The molecule has 0 aromatic rings. The van der Waals surface area contributed by atoms with Crippen LogP contribution in [0.2, 0.25) is 0 Å². The summed E-state index contributed by atoms with van der Waals surface area (Å²) in [6.45, 7) is 0.834. The van der Waals surface area contributed by atoms with Crippen molar-refractivity contribution in [3.8, 4) is 6.07 Å². The van der Waals surface area contributed by atoms with Gasteiger partial charge in [0.05, 0.1) is 12.2 Å². The third-order valence-electron chi connectivity index (χ3n) is 4.34. The van der Waals surface area contributed by atoms with Crippen LogP contribution in [0.25, 0.3) is 0 Å². The van der Waals surface area contributed by atoms with Gasteiger partial charge < -0.3 is 10.1 Å². The van der Waals surface area contributed by atoms with E-state index in [9.17, 15) is 5.26 Å². The topological polar surface area (TPSA) is 45.0 Å². The van der Waals surface area contributed by atoms with Gasteiger partial charge in [-0.1, -0.05) is 6.42 Å². The van der Waals surface area contributed by atoms with Crippen LogP contribution in [-0.4, -0.2) is 25.3 Å². The van der Waals surface area contributed by atoms with Gasteiger partial charge in [0.15, 0.2) is 0 Å². The highest BCUT2D eigenvalue weighted by molar-refractivity contribution is 5.13. The Bertz CT molecular complexity index is 270. The van der Waals surface area contributed by atoms with E-state index < -0.39 is 0 Å². The molecule has 0 saturated heterocycles. The van der Waals surface area contributed by atoms with E-state index >= 15 is 0 Å². The fraction of sp³-hybridized carbons (Fsp3) is 0.923. The molecule has 2 atom stereocenters. The number of hydrogen-bond donors (Lipinski definition) is 1. The van der Waals surface area contributed by atoms with Gasteiger partial charge in [0.1, 0.15) is 5.54 Å². The Kier molecular flexibility index (Phi) is 3.83. The molecule has 2 rings (SSSR count). The maximum Gasteiger partial charge on any atom is 0.109 e. The van der Waals surface area contributed by atoms with Gasteiger partial charge in [-0.15, -0.1) is 0 Å². The number of ether oxygens (including phenoxy) is 1. The van der Waals surface area contributed by atoms with Crippen LogP contribution in [-0.2, 0) is 4.74 Å². The minimum atomic E-state index is -0.275. The van der Waals surface area contributed by atoms with Crippen molar-refractivity contribution < 1.29 is 4.74 Å². The number of nitrogens with zero attached hydrogens (tertiary/aromatic N) is 1. The smallest absolute Gasteiger partial charge is 0.109 e. The summed E-state index contributed by atoms with van der Waals surface area (Å²) in [5.41, 5.74) is -0.275. The fourth-order valence-corrected chi connectivity index (χ4v) is 2.92. The van der Waals surface area contributed by atoms with Crippen molar-refractivity contribution in [3.63, 3.8) is 0 Å². The third-order valence-corrected chi connectivity index (χ3v) is 4.34. The van der Waals surface area contributed by atoms with E-state index in [-0.39, 0.29) is 5.54 Å². The first-order valence-electron chi connectivity index (χ1n) is 6.52. The molecule has 1 N–H and O–H groups in total. The summed E-state index contributed by atoms with van der Waals surface area (Å²) >= 11 is 0. The summed E-state index contributed by atoms with van der Waals surface area (Å²) in [7, 11) is 1.91. The Balaban J connectivity index is 1.77. The summed E-state index contributed by atoms with van der Waals surface area (Å²) in [5, 5.41) is 12.5. The Morgan fingerprint density at radius 2 is 2.19 bits per heavy atom. The largest absolute Gasteiger partial charge is 0.378 e. The summed E-state index contributed by atoms with van der Waals surface area (Å²) in [4.78, 5) is 0. The predicted molar refractivity (Wildman–Crippen MR) is 63.0 cm³/mol. The lowest BCUT2D eigenvalue weighted by Crippen LogP contribution is -2.45. The van der Waals surface area contributed by atoms with Gasteiger partial charge in [-0.3, -0.25) is 0 Å². The normalized spacial score (nSPS) is 34.6. The average Bonchev–Trinajstić information content (AvgIpc) is 2.65. The minimum absolute atomic E-state index is 0.275. The molecule has 3 heteroatoms. The van der Waals surface area contributed by atoms with Crippen LogP contribution >= 0.6 is 0 Å². The molecule has 2 fully saturated rings. The van der Waals surface area contributed by atoms with Crippen molar-refractivity contribution in [3.05, 3.63) is 0 Å². The summed E-state index contributed by atoms with van der Waals surface area (Å²) in [5.74, 6) is 0.475. The lowest BCUT2D eigenvalue weighted by atomic mass is 9.86. The standard InChI is InChI=1S/C13H22N2O/c1-15-13(10-14)8-3-4-11(13)7-9-16-12-5-2-6-12/h11-12,15H,2-9H2,1H3.